The van der Waals surface area contributed by atoms with Crippen molar-refractivity contribution in [2.45, 2.75) is 20.0 Å². The first-order valence-corrected chi connectivity index (χ1v) is 10.6. The summed E-state index contributed by atoms with van der Waals surface area (Å²) in [6.45, 7) is 5.46. The molecule has 1 atom stereocenters. The maximum Gasteiger partial charge on any atom is 0.228 e. The van der Waals surface area contributed by atoms with Gasteiger partial charge in [-0.3, -0.25) is 4.98 Å². The average Bonchev–Trinajstić information content (AvgIpc) is 2.78. The number of rotatable bonds is 3. The van der Waals surface area contributed by atoms with Crippen LogP contribution < -0.4 is 4.90 Å². The van der Waals surface area contributed by atoms with E-state index in [1.54, 1.807) is 24.5 Å². The fourth-order valence-corrected chi connectivity index (χ4v) is 3.95. The highest BCUT2D eigenvalue weighted by molar-refractivity contribution is 6.30. The van der Waals surface area contributed by atoms with Gasteiger partial charge >= 0.3 is 0 Å². The lowest BCUT2D eigenvalue weighted by Gasteiger charge is -2.33. The van der Waals surface area contributed by atoms with Crippen molar-refractivity contribution in [1.82, 2.24) is 24.9 Å². The van der Waals surface area contributed by atoms with Crippen LogP contribution in [0.3, 0.4) is 0 Å². The number of morpholine rings is 1. The smallest absolute Gasteiger partial charge is 0.228 e. The van der Waals surface area contributed by atoms with Gasteiger partial charge in [0.05, 0.1) is 18.8 Å². The van der Waals surface area contributed by atoms with Crippen LogP contribution in [0.4, 0.5) is 10.3 Å². The Labute approximate surface area is 189 Å². The van der Waals surface area contributed by atoms with Gasteiger partial charge in [0.15, 0.2) is 5.65 Å². The molecule has 4 heterocycles. The number of benzene rings is 1. The van der Waals surface area contributed by atoms with Crippen molar-refractivity contribution in [3.05, 3.63) is 70.5 Å². The molecular weight excluding hydrogens is 431 g/mol. The van der Waals surface area contributed by atoms with Gasteiger partial charge in [-0.25, -0.2) is 19.3 Å². The highest BCUT2D eigenvalue weighted by Crippen LogP contribution is 2.31. The van der Waals surface area contributed by atoms with Crippen molar-refractivity contribution in [2.24, 2.45) is 0 Å². The molecule has 0 saturated carbocycles. The van der Waals surface area contributed by atoms with Crippen LogP contribution in [-0.4, -0.2) is 44.6 Å². The van der Waals surface area contributed by atoms with Gasteiger partial charge in [-0.2, -0.15) is 4.98 Å². The summed E-state index contributed by atoms with van der Waals surface area (Å²) in [7, 11) is 0. The van der Waals surface area contributed by atoms with E-state index >= 15 is 0 Å². The monoisotopic (exact) mass is 450 g/mol. The Hall–Kier alpha value is -3.23. The van der Waals surface area contributed by atoms with Crippen molar-refractivity contribution in [2.75, 3.05) is 24.6 Å². The Kier molecular flexibility index (Phi) is 5.40. The molecule has 0 unspecified atom stereocenters. The number of anilines is 1. The first-order valence-electron chi connectivity index (χ1n) is 10.2. The zero-order chi connectivity index (χ0) is 22.2. The van der Waals surface area contributed by atoms with Gasteiger partial charge in [0.25, 0.3) is 0 Å². The number of halogens is 2. The van der Waals surface area contributed by atoms with Gasteiger partial charge in [-0.05, 0) is 49.7 Å². The lowest BCUT2D eigenvalue weighted by molar-refractivity contribution is 0.0391. The van der Waals surface area contributed by atoms with Gasteiger partial charge < -0.3 is 9.64 Å². The summed E-state index contributed by atoms with van der Waals surface area (Å²) in [4.78, 5) is 24.6. The number of aryl methyl sites for hydroxylation is 2. The molecule has 9 heteroatoms. The Morgan fingerprint density at radius 2 is 1.94 bits per heavy atom. The standard InChI is InChI=1S/C23H20ClFN6O/c1-13-9-15(5-6-26-13)19-12-31(7-8-32-19)23-29-20(17-4-3-16(24)10-18(17)25)21-22(30-23)28-14(2)11-27-21/h3-6,9-11,19H,7-8,12H2,1-2H3/t19-/m0/s1. The van der Waals surface area contributed by atoms with Crippen LogP contribution in [0.15, 0.2) is 42.7 Å². The third-order valence-corrected chi connectivity index (χ3v) is 5.58. The van der Waals surface area contributed by atoms with Crippen LogP contribution in [0.2, 0.25) is 5.02 Å². The molecule has 1 aliphatic rings. The third kappa shape index (κ3) is 3.99. The zero-order valence-electron chi connectivity index (χ0n) is 17.6. The van der Waals surface area contributed by atoms with Crippen LogP contribution in [0.25, 0.3) is 22.4 Å². The molecule has 7 nitrogen and oxygen atoms in total. The predicted octanol–water partition coefficient (Wildman–Crippen LogP) is 4.47. The molecule has 0 spiro atoms. The molecule has 32 heavy (non-hydrogen) atoms. The quantitative estimate of drug-likeness (QED) is 0.455. The molecule has 5 rings (SSSR count). The van der Waals surface area contributed by atoms with E-state index in [9.17, 15) is 4.39 Å². The Bertz CT molecular complexity index is 1320. The molecule has 0 radical (unpaired) electrons. The molecule has 1 fully saturated rings. The maximum atomic E-state index is 14.8. The molecule has 0 aliphatic carbocycles. The van der Waals surface area contributed by atoms with Crippen LogP contribution in [0.5, 0.6) is 0 Å². The van der Waals surface area contributed by atoms with E-state index in [4.69, 9.17) is 21.3 Å². The van der Waals surface area contributed by atoms with Crippen LogP contribution in [-0.2, 0) is 4.74 Å². The van der Waals surface area contributed by atoms with E-state index in [0.717, 1.165) is 17.0 Å². The van der Waals surface area contributed by atoms with E-state index in [-0.39, 0.29) is 6.10 Å². The minimum absolute atomic E-state index is 0.149. The molecule has 0 N–H and O–H groups in total. The summed E-state index contributed by atoms with van der Waals surface area (Å²) < 4.78 is 20.8. The van der Waals surface area contributed by atoms with Crippen molar-refractivity contribution in [3.63, 3.8) is 0 Å². The van der Waals surface area contributed by atoms with Crippen LogP contribution in [0.1, 0.15) is 23.1 Å². The number of hydrogen-bond acceptors (Lipinski definition) is 7. The molecule has 1 aromatic carbocycles. The molecule has 0 bridgehead atoms. The fraction of sp³-hybridized carbons (Fsp3) is 0.261. The summed E-state index contributed by atoms with van der Waals surface area (Å²) in [6.07, 6.45) is 3.25. The van der Waals surface area contributed by atoms with Crippen molar-refractivity contribution >= 4 is 28.7 Å². The number of nitrogens with zero attached hydrogens (tertiary/aromatic N) is 6. The van der Waals surface area contributed by atoms with Gasteiger partial charge in [0, 0.05) is 35.2 Å². The number of ether oxygens (including phenoxy) is 1. The molecule has 1 aliphatic heterocycles. The Balaban J connectivity index is 1.59. The topological polar surface area (TPSA) is 76.9 Å². The minimum Gasteiger partial charge on any atom is -0.370 e. The summed E-state index contributed by atoms with van der Waals surface area (Å²) in [5.41, 5.74) is 4.23. The summed E-state index contributed by atoms with van der Waals surface area (Å²) in [5.74, 6) is -0.0150. The van der Waals surface area contributed by atoms with E-state index in [0.29, 0.717) is 53.1 Å². The van der Waals surface area contributed by atoms with E-state index < -0.39 is 5.82 Å². The summed E-state index contributed by atoms with van der Waals surface area (Å²) >= 11 is 5.95. The third-order valence-electron chi connectivity index (χ3n) is 5.34. The van der Waals surface area contributed by atoms with Gasteiger partial charge in [-0.1, -0.05) is 11.6 Å². The van der Waals surface area contributed by atoms with Gasteiger partial charge in [0.2, 0.25) is 5.95 Å². The fourth-order valence-electron chi connectivity index (χ4n) is 3.79. The summed E-state index contributed by atoms with van der Waals surface area (Å²) in [6, 6.07) is 8.46. The van der Waals surface area contributed by atoms with E-state index in [2.05, 4.69) is 19.9 Å². The lowest BCUT2D eigenvalue weighted by atomic mass is 10.1. The van der Waals surface area contributed by atoms with Gasteiger partial charge in [0.1, 0.15) is 23.1 Å². The van der Waals surface area contributed by atoms with Crippen LogP contribution in [0, 0.1) is 19.7 Å². The van der Waals surface area contributed by atoms with Crippen LogP contribution >= 0.6 is 11.6 Å². The second-order valence-corrected chi connectivity index (χ2v) is 8.15. The van der Waals surface area contributed by atoms with Gasteiger partial charge in [-0.15, -0.1) is 0 Å². The molecule has 0 amide bonds. The van der Waals surface area contributed by atoms with E-state index in [1.807, 2.05) is 30.9 Å². The van der Waals surface area contributed by atoms with E-state index in [1.165, 1.54) is 6.07 Å². The number of fused-ring (bicyclic) bond motifs is 1. The molecular formula is C23H20ClFN6O. The summed E-state index contributed by atoms with van der Waals surface area (Å²) in [5, 5.41) is 0.315. The number of pyridine rings is 1. The number of hydrogen-bond donors (Lipinski definition) is 0. The molecule has 3 aromatic heterocycles. The molecule has 162 valence electrons. The van der Waals surface area contributed by atoms with Crippen molar-refractivity contribution in [1.29, 1.82) is 0 Å². The largest absolute Gasteiger partial charge is 0.370 e. The highest BCUT2D eigenvalue weighted by atomic mass is 35.5. The number of aromatic nitrogens is 5. The molecule has 4 aromatic rings. The highest BCUT2D eigenvalue weighted by Gasteiger charge is 2.26. The Morgan fingerprint density at radius 3 is 2.75 bits per heavy atom. The van der Waals surface area contributed by atoms with Crippen molar-refractivity contribution in [3.8, 4) is 11.3 Å². The van der Waals surface area contributed by atoms with Crippen molar-refractivity contribution < 1.29 is 9.13 Å². The average molecular weight is 451 g/mol. The second-order valence-electron chi connectivity index (χ2n) is 7.72. The zero-order valence-corrected chi connectivity index (χ0v) is 18.3. The lowest BCUT2D eigenvalue weighted by Crippen LogP contribution is -2.39. The minimum atomic E-state index is -0.474. The second kappa shape index (κ2) is 8.37. The first-order chi connectivity index (χ1) is 15.5. The Morgan fingerprint density at radius 1 is 1.06 bits per heavy atom. The maximum absolute atomic E-state index is 14.8. The SMILES string of the molecule is Cc1cc([C@@H]2CN(c3nc(-c4ccc(Cl)cc4F)c4ncc(C)nc4n3)CCO2)ccn1. The predicted molar refractivity (Wildman–Crippen MR) is 120 cm³/mol. The molecule has 1 saturated heterocycles. The first kappa shape index (κ1) is 20.7. The normalized spacial score (nSPS) is 16.5.